The van der Waals surface area contributed by atoms with Crippen molar-refractivity contribution in [2.45, 2.75) is 90.0 Å². The standard InChI is InChI=1S/C28H37N3O4/c1-28(2,3)35-27(33)31(23-13-8-5-9-14-23)25-17-16-22(19-29-25)24-15-10-18-30(24)26(32)34-20-21-11-6-4-7-12-21/h4,6-7,11-12,16-17,19,23-24H,5,8-10,13-15,18,20H2,1-3H3/t24-/m1/s1. The predicted molar refractivity (Wildman–Crippen MR) is 135 cm³/mol. The Hall–Kier alpha value is -3.09. The van der Waals surface area contributed by atoms with E-state index in [1.807, 2.05) is 63.2 Å². The lowest BCUT2D eigenvalue weighted by atomic mass is 9.94. The van der Waals surface area contributed by atoms with Crippen LogP contribution in [-0.2, 0) is 16.1 Å². The maximum Gasteiger partial charge on any atom is 0.416 e. The van der Waals surface area contributed by atoms with Crippen LogP contribution in [0.1, 0.15) is 82.9 Å². The van der Waals surface area contributed by atoms with Gasteiger partial charge in [-0.1, -0.05) is 55.7 Å². The van der Waals surface area contributed by atoms with E-state index >= 15 is 0 Å². The van der Waals surface area contributed by atoms with Gasteiger partial charge >= 0.3 is 12.2 Å². The molecule has 1 aliphatic carbocycles. The zero-order valence-electron chi connectivity index (χ0n) is 21.1. The van der Waals surface area contributed by atoms with Gasteiger partial charge in [0, 0.05) is 18.8 Å². The van der Waals surface area contributed by atoms with Crippen LogP contribution in [0.4, 0.5) is 15.4 Å². The van der Waals surface area contributed by atoms with Crippen LogP contribution < -0.4 is 4.90 Å². The van der Waals surface area contributed by atoms with Gasteiger partial charge in [-0.05, 0) is 63.6 Å². The van der Waals surface area contributed by atoms with E-state index in [0.717, 1.165) is 49.7 Å². The molecule has 2 fully saturated rings. The summed E-state index contributed by atoms with van der Waals surface area (Å²) in [4.78, 5) is 34.1. The summed E-state index contributed by atoms with van der Waals surface area (Å²) < 4.78 is 11.3. The maximum atomic E-state index is 13.1. The molecule has 2 aromatic rings. The van der Waals surface area contributed by atoms with Gasteiger partial charge in [0.1, 0.15) is 18.0 Å². The first-order valence-corrected chi connectivity index (χ1v) is 12.8. The summed E-state index contributed by atoms with van der Waals surface area (Å²) >= 11 is 0. The summed E-state index contributed by atoms with van der Waals surface area (Å²) in [5.41, 5.74) is 1.34. The summed E-state index contributed by atoms with van der Waals surface area (Å²) in [6.45, 7) is 6.56. The summed E-state index contributed by atoms with van der Waals surface area (Å²) in [7, 11) is 0. The van der Waals surface area contributed by atoms with Crippen molar-refractivity contribution in [2.75, 3.05) is 11.4 Å². The molecule has 188 valence electrons. The highest BCUT2D eigenvalue weighted by Crippen LogP contribution is 2.34. The Labute approximate surface area is 208 Å². The molecule has 35 heavy (non-hydrogen) atoms. The van der Waals surface area contributed by atoms with Crippen molar-refractivity contribution < 1.29 is 19.1 Å². The summed E-state index contributed by atoms with van der Waals surface area (Å²) in [6, 6.07) is 13.6. The van der Waals surface area contributed by atoms with Crippen LogP contribution in [0.25, 0.3) is 0 Å². The quantitative estimate of drug-likeness (QED) is 0.481. The molecular weight excluding hydrogens is 442 g/mol. The Morgan fingerprint density at radius 3 is 2.40 bits per heavy atom. The molecule has 1 saturated carbocycles. The molecule has 2 aliphatic rings. The second kappa shape index (κ2) is 11.1. The number of nitrogens with zero attached hydrogens (tertiary/aromatic N) is 3. The van der Waals surface area contributed by atoms with Gasteiger partial charge in [-0.25, -0.2) is 14.6 Å². The average molecular weight is 480 g/mol. The van der Waals surface area contributed by atoms with Crippen molar-refractivity contribution in [2.24, 2.45) is 0 Å². The molecule has 7 heteroatoms. The Morgan fingerprint density at radius 2 is 1.74 bits per heavy atom. The van der Waals surface area contributed by atoms with E-state index in [1.165, 1.54) is 6.42 Å². The molecule has 1 aromatic heterocycles. The SMILES string of the molecule is CC(C)(C)OC(=O)N(c1ccc([C@H]2CCCN2C(=O)OCc2ccccc2)cn1)C1CCCCC1. The minimum absolute atomic E-state index is 0.0792. The van der Waals surface area contributed by atoms with Gasteiger partial charge in [0.15, 0.2) is 0 Å². The van der Waals surface area contributed by atoms with Gasteiger partial charge in [0.2, 0.25) is 0 Å². The Bertz CT molecular complexity index is 982. The van der Waals surface area contributed by atoms with Crippen molar-refractivity contribution >= 4 is 18.0 Å². The second-order valence-corrected chi connectivity index (χ2v) is 10.5. The number of likely N-dealkylation sites (tertiary alicyclic amines) is 1. The number of pyridine rings is 1. The molecule has 0 spiro atoms. The third-order valence-corrected chi connectivity index (χ3v) is 6.62. The first kappa shape index (κ1) is 25.0. The summed E-state index contributed by atoms with van der Waals surface area (Å²) in [5, 5.41) is 0. The lowest BCUT2D eigenvalue weighted by Gasteiger charge is -2.35. The number of anilines is 1. The molecule has 1 aromatic carbocycles. The molecule has 1 atom stereocenters. The van der Waals surface area contributed by atoms with E-state index in [-0.39, 0.29) is 30.9 Å². The van der Waals surface area contributed by atoms with Gasteiger partial charge in [-0.2, -0.15) is 0 Å². The van der Waals surface area contributed by atoms with Crippen LogP contribution in [0.15, 0.2) is 48.7 Å². The number of aromatic nitrogens is 1. The fraction of sp³-hybridized carbons (Fsp3) is 0.536. The molecule has 4 rings (SSSR count). The average Bonchev–Trinajstić information content (AvgIpc) is 3.33. The van der Waals surface area contributed by atoms with Crippen molar-refractivity contribution in [1.82, 2.24) is 9.88 Å². The third-order valence-electron chi connectivity index (χ3n) is 6.62. The number of rotatable bonds is 5. The summed E-state index contributed by atoms with van der Waals surface area (Å²) in [5.74, 6) is 0.603. The smallest absolute Gasteiger partial charge is 0.416 e. The van der Waals surface area contributed by atoms with Crippen LogP contribution >= 0.6 is 0 Å². The van der Waals surface area contributed by atoms with Gasteiger partial charge in [0.25, 0.3) is 0 Å². The molecule has 1 aliphatic heterocycles. The number of carbonyl (C=O) groups excluding carboxylic acids is 2. The van der Waals surface area contributed by atoms with Gasteiger partial charge in [-0.15, -0.1) is 0 Å². The number of hydrogen-bond donors (Lipinski definition) is 0. The minimum atomic E-state index is -0.575. The number of benzene rings is 1. The first-order chi connectivity index (χ1) is 16.8. The number of hydrogen-bond acceptors (Lipinski definition) is 5. The second-order valence-electron chi connectivity index (χ2n) is 10.5. The highest BCUT2D eigenvalue weighted by molar-refractivity contribution is 5.87. The first-order valence-electron chi connectivity index (χ1n) is 12.8. The van der Waals surface area contributed by atoms with Crippen molar-refractivity contribution in [3.05, 3.63) is 59.8 Å². The van der Waals surface area contributed by atoms with Gasteiger partial charge in [0.05, 0.1) is 6.04 Å². The highest BCUT2D eigenvalue weighted by Gasteiger charge is 2.34. The van der Waals surface area contributed by atoms with Crippen molar-refractivity contribution in [1.29, 1.82) is 0 Å². The van der Waals surface area contributed by atoms with E-state index in [2.05, 4.69) is 4.98 Å². The number of carbonyl (C=O) groups is 2. The zero-order valence-corrected chi connectivity index (χ0v) is 21.1. The molecule has 0 radical (unpaired) electrons. The summed E-state index contributed by atoms with van der Waals surface area (Å²) in [6.07, 6.45) is 8.22. The van der Waals surface area contributed by atoms with E-state index in [9.17, 15) is 9.59 Å². The van der Waals surface area contributed by atoms with E-state index in [0.29, 0.717) is 12.4 Å². The van der Waals surface area contributed by atoms with Crippen LogP contribution in [0, 0.1) is 0 Å². The molecule has 0 bridgehead atoms. The Kier molecular flexibility index (Phi) is 7.93. The van der Waals surface area contributed by atoms with Crippen molar-refractivity contribution in [3.63, 3.8) is 0 Å². The molecule has 1 saturated heterocycles. The van der Waals surface area contributed by atoms with Gasteiger partial charge in [-0.3, -0.25) is 4.90 Å². The fourth-order valence-electron chi connectivity index (χ4n) is 4.95. The lowest BCUT2D eigenvalue weighted by molar-refractivity contribution is 0.0556. The number of amides is 2. The lowest BCUT2D eigenvalue weighted by Crippen LogP contribution is -2.45. The molecule has 2 heterocycles. The topological polar surface area (TPSA) is 72.0 Å². The maximum absolute atomic E-state index is 13.1. The molecule has 0 N–H and O–H groups in total. The van der Waals surface area contributed by atoms with Crippen LogP contribution in [-0.4, -0.2) is 40.3 Å². The third kappa shape index (κ3) is 6.53. The minimum Gasteiger partial charge on any atom is -0.445 e. The van der Waals surface area contributed by atoms with E-state index in [1.54, 1.807) is 16.0 Å². The zero-order chi connectivity index (χ0) is 24.8. The Morgan fingerprint density at radius 1 is 1.00 bits per heavy atom. The monoisotopic (exact) mass is 479 g/mol. The molecule has 2 amide bonds. The number of ether oxygens (including phenoxy) is 2. The fourth-order valence-corrected chi connectivity index (χ4v) is 4.95. The largest absolute Gasteiger partial charge is 0.445 e. The van der Waals surface area contributed by atoms with Crippen molar-refractivity contribution in [3.8, 4) is 0 Å². The Balaban J connectivity index is 1.47. The molecule has 7 nitrogen and oxygen atoms in total. The van der Waals surface area contributed by atoms with Crippen LogP contribution in [0.3, 0.4) is 0 Å². The van der Waals surface area contributed by atoms with Crippen LogP contribution in [0.5, 0.6) is 0 Å². The predicted octanol–water partition coefficient (Wildman–Crippen LogP) is 6.63. The van der Waals surface area contributed by atoms with E-state index in [4.69, 9.17) is 9.47 Å². The normalized spacial score (nSPS) is 18.8. The van der Waals surface area contributed by atoms with Crippen LogP contribution in [0.2, 0.25) is 0 Å². The van der Waals surface area contributed by atoms with E-state index < -0.39 is 5.60 Å². The molecule has 0 unspecified atom stereocenters. The van der Waals surface area contributed by atoms with Gasteiger partial charge < -0.3 is 14.4 Å². The molecular formula is C28H37N3O4. The highest BCUT2D eigenvalue weighted by atomic mass is 16.6.